The van der Waals surface area contributed by atoms with Gasteiger partial charge in [0.1, 0.15) is 5.75 Å². The molecule has 32 heavy (non-hydrogen) atoms. The number of carbonyl (C=O) groups excluding carboxylic acids is 1. The highest BCUT2D eigenvalue weighted by Crippen LogP contribution is 2.18. The lowest BCUT2D eigenvalue weighted by Gasteiger charge is -2.21. The second-order valence-electron chi connectivity index (χ2n) is 8.30. The Labute approximate surface area is 207 Å². The molecule has 0 aliphatic carbocycles. The van der Waals surface area contributed by atoms with Crippen molar-refractivity contribution >= 4 is 41.5 Å². The van der Waals surface area contributed by atoms with Gasteiger partial charge in [-0.2, -0.15) is 0 Å². The van der Waals surface area contributed by atoms with E-state index in [2.05, 4.69) is 25.9 Å². The number of aromatic nitrogens is 1. The van der Waals surface area contributed by atoms with Gasteiger partial charge in [-0.3, -0.25) is 4.79 Å². The van der Waals surface area contributed by atoms with Crippen molar-refractivity contribution in [1.29, 1.82) is 0 Å². The third-order valence-corrected chi connectivity index (χ3v) is 3.87. The molecule has 9 heteroatoms. The zero-order valence-corrected chi connectivity index (χ0v) is 21.9. The third kappa shape index (κ3) is 10.2. The highest BCUT2D eigenvalue weighted by molar-refractivity contribution is 14.0. The number of hydrogen-bond donors (Lipinski definition) is 3. The molecule has 0 radical (unpaired) electrons. The van der Waals surface area contributed by atoms with Crippen LogP contribution in [0.2, 0.25) is 0 Å². The van der Waals surface area contributed by atoms with E-state index in [9.17, 15) is 4.79 Å². The molecular formula is C23H34IN5O3. The number of guanidine groups is 1. The van der Waals surface area contributed by atoms with Crippen LogP contribution in [0.1, 0.15) is 40.2 Å². The molecule has 0 fully saturated rings. The number of nitrogens with zero attached hydrogens (tertiary/aromatic N) is 2. The first kappa shape index (κ1) is 27.5. The first-order valence-corrected chi connectivity index (χ1v) is 10.3. The van der Waals surface area contributed by atoms with Gasteiger partial charge in [0.2, 0.25) is 11.8 Å². The fourth-order valence-corrected chi connectivity index (χ4v) is 2.68. The SMILES string of the molecule is COc1ncccc1CN=C(NCC(=O)NC(C)(C)C)Nc1ccc(OC(C)C)cc1.I. The summed E-state index contributed by atoms with van der Waals surface area (Å²) in [5.41, 5.74) is 1.35. The summed E-state index contributed by atoms with van der Waals surface area (Å²) in [6.45, 7) is 10.2. The number of rotatable bonds is 8. The van der Waals surface area contributed by atoms with E-state index in [-0.39, 0.29) is 48.1 Å². The van der Waals surface area contributed by atoms with E-state index in [0.717, 1.165) is 17.0 Å². The van der Waals surface area contributed by atoms with Crippen LogP contribution in [-0.2, 0) is 11.3 Å². The van der Waals surface area contributed by atoms with Crippen molar-refractivity contribution in [2.75, 3.05) is 19.0 Å². The zero-order chi connectivity index (χ0) is 22.9. The second kappa shape index (κ2) is 13.1. The zero-order valence-electron chi connectivity index (χ0n) is 19.6. The number of methoxy groups -OCH3 is 1. The van der Waals surface area contributed by atoms with Crippen LogP contribution in [0.5, 0.6) is 11.6 Å². The van der Waals surface area contributed by atoms with E-state index in [1.165, 1.54) is 0 Å². The number of ether oxygens (including phenoxy) is 2. The highest BCUT2D eigenvalue weighted by atomic mass is 127. The summed E-state index contributed by atoms with van der Waals surface area (Å²) >= 11 is 0. The van der Waals surface area contributed by atoms with Crippen LogP contribution >= 0.6 is 24.0 Å². The van der Waals surface area contributed by atoms with Gasteiger partial charge >= 0.3 is 0 Å². The van der Waals surface area contributed by atoms with Gasteiger partial charge in [-0.05, 0) is 65.0 Å². The molecule has 1 heterocycles. The van der Waals surface area contributed by atoms with Crippen molar-refractivity contribution in [3.8, 4) is 11.6 Å². The molecule has 0 saturated carbocycles. The van der Waals surface area contributed by atoms with Gasteiger partial charge in [-0.15, -0.1) is 24.0 Å². The minimum Gasteiger partial charge on any atom is -0.491 e. The average Bonchev–Trinajstić information content (AvgIpc) is 2.70. The third-order valence-electron chi connectivity index (χ3n) is 3.87. The van der Waals surface area contributed by atoms with E-state index in [1.54, 1.807) is 13.3 Å². The Morgan fingerprint density at radius 3 is 2.44 bits per heavy atom. The summed E-state index contributed by atoms with van der Waals surface area (Å²) in [5, 5.41) is 9.23. The number of aliphatic imine (C=N–C) groups is 1. The first-order chi connectivity index (χ1) is 14.7. The Morgan fingerprint density at radius 2 is 1.84 bits per heavy atom. The molecule has 2 aromatic rings. The van der Waals surface area contributed by atoms with Crippen molar-refractivity contribution < 1.29 is 14.3 Å². The number of benzene rings is 1. The van der Waals surface area contributed by atoms with E-state index in [1.807, 2.05) is 71.0 Å². The second-order valence-corrected chi connectivity index (χ2v) is 8.30. The predicted octanol–water partition coefficient (Wildman–Crippen LogP) is 3.97. The molecule has 0 bridgehead atoms. The summed E-state index contributed by atoms with van der Waals surface area (Å²) < 4.78 is 11.0. The number of halogens is 1. The molecule has 2 rings (SSSR count). The van der Waals surface area contributed by atoms with Crippen molar-refractivity contribution in [1.82, 2.24) is 15.6 Å². The minimum atomic E-state index is -0.307. The minimum absolute atomic E-state index is 0. The van der Waals surface area contributed by atoms with Gasteiger partial charge in [0.25, 0.3) is 0 Å². The lowest BCUT2D eigenvalue weighted by molar-refractivity contribution is -0.121. The molecular weight excluding hydrogens is 521 g/mol. The number of anilines is 1. The molecule has 1 aromatic heterocycles. The quantitative estimate of drug-likeness (QED) is 0.259. The lowest BCUT2D eigenvalue weighted by Crippen LogP contribution is -2.46. The van der Waals surface area contributed by atoms with Crippen LogP contribution < -0.4 is 25.4 Å². The Kier molecular flexibility index (Phi) is 11.2. The Balaban J connectivity index is 0.00000512. The van der Waals surface area contributed by atoms with Crippen LogP contribution in [-0.4, -0.2) is 42.1 Å². The molecule has 0 spiro atoms. The molecule has 0 aliphatic heterocycles. The Bertz CT molecular complexity index is 880. The maximum atomic E-state index is 12.2. The average molecular weight is 555 g/mol. The van der Waals surface area contributed by atoms with Gasteiger partial charge < -0.3 is 25.4 Å². The van der Waals surface area contributed by atoms with Crippen molar-refractivity contribution in [2.24, 2.45) is 4.99 Å². The van der Waals surface area contributed by atoms with Gasteiger partial charge in [-0.25, -0.2) is 9.98 Å². The molecule has 0 unspecified atom stereocenters. The lowest BCUT2D eigenvalue weighted by atomic mass is 10.1. The van der Waals surface area contributed by atoms with Crippen molar-refractivity contribution in [3.05, 3.63) is 48.2 Å². The molecule has 176 valence electrons. The Hall–Kier alpha value is -2.56. The molecule has 3 N–H and O–H groups in total. The maximum Gasteiger partial charge on any atom is 0.239 e. The fraction of sp³-hybridized carbons (Fsp3) is 0.435. The topological polar surface area (TPSA) is 96.9 Å². The van der Waals surface area contributed by atoms with Crippen LogP contribution in [0.3, 0.4) is 0 Å². The van der Waals surface area contributed by atoms with E-state index in [4.69, 9.17) is 9.47 Å². The molecule has 0 aliphatic rings. The van der Waals surface area contributed by atoms with Crippen molar-refractivity contribution in [3.63, 3.8) is 0 Å². The van der Waals surface area contributed by atoms with Crippen LogP contribution in [0, 0.1) is 0 Å². The maximum absolute atomic E-state index is 12.2. The summed E-state index contributed by atoms with van der Waals surface area (Å²) in [4.78, 5) is 21.0. The number of pyridine rings is 1. The molecule has 0 saturated heterocycles. The normalized spacial score (nSPS) is 11.4. The Morgan fingerprint density at radius 1 is 1.16 bits per heavy atom. The molecule has 1 aromatic carbocycles. The summed E-state index contributed by atoms with van der Waals surface area (Å²) in [5.74, 6) is 1.65. The predicted molar refractivity (Wildman–Crippen MR) is 139 cm³/mol. The largest absolute Gasteiger partial charge is 0.491 e. The van der Waals surface area contributed by atoms with Gasteiger partial charge in [-0.1, -0.05) is 6.07 Å². The number of amides is 1. The molecule has 8 nitrogen and oxygen atoms in total. The molecule has 0 atom stereocenters. The van der Waals surface area contributed by atoms with E-state index < -0.39 is 0 Å². The van der Waals surface area contributed by atoms with Crippen LogP contribution in [0.4, 0.5) is 5.69 Å². The van der Waals surface area contributed by atoms with Gasteiger partial charge in [0, 0.05) is 23.0 Å². The van der Waals surface area contributed by atoms with Gasteiger partial charge in [0.05, 0.1) is 26.3 Å². The standard InChI is InChI=1S/C23H33N5O3.HI/c1-16(2)31-19-11-9-18(10-12-19)27-22(26-15-20(29)28-23(3,4)5)25-14-17-8-7-13-24-21(17)30-6;/h7-13,16H,14-15H2,1-6H3,(H,28,29)(H2,25,26,27);1H. The number of carbonyl (C=O) groups is 1. The number of hydrogen-bond acceptors (Lipinski definition) is 5. The van der Waals surface area contributed by atoms with Crippen LogP contribution in [0.25, 0.3) is 0 Å². The first-order valence-electron chi connectivity index (χ1n) is 10.3. The van der Waals surface area contributed by atoms with Gasteiger partial charge in [0.15, 0.2) is 5.96 Å². The molecule has 1 amide bonds. The monoisotopic (exact) mass is 555 g/mol. The van der Waals surface area contributed by atoms with E-state index in [0.29, 0.717) is 18.4 Å². The smallest absolute Gasteiger partial charge is 0.239 e. The summed E-state index contributed by atoms with van der Waals surface area (Å²) in [6.07, 6.45) is 1.77. The van der Waals surface area contributed by atoms with E-state index >= 15 is 0 Å². The van der Waals surface area contributed by atoms with Crippen LogP contribution in [0.15, 0.2) is 47.6 Å². The summed E-state index contributed by atoms with van der Waals surface area (Å²) in [6, 6.07) is 11.3. The van der Waals surface area contributed by atoms with Crippen molar-refractivity contribution in [2.45, 2.75) is 52.8 Å². The number of nitrogens with one attached hydrogen (secondary N) is 3. The summed E-state index contributed by atoms with van der Waals surface area (Å²) in [7, 11) is 1.57. The highest BCUT2D eigenvalue weighted by Gasteiger charge is 2.14. The fourth-order valence-electron chi connectivity index (χ4n) is 2.68.